The molecule has 0 aliphatic heterocycles. The Morgan fingerprint density at radius 2 is 2.05 bits per heavy atom. The Hall–Kier alpha value is -2.61. The molecule has 1 unspecified atom stereocenters. The second kappa shape index (κ2) is 5.80. The molecule has 1 aromatic heterocycles. The van der Waals surface area contributed by atoms with Crippen LogP contribution in [0.25, 0.3) is 0 Å². The number of phenolic OH excluding ortho intramolecular Hbond substituents is 2. The monoisotopic (exact) mass is 308 g/mol. The first-order valence-electron chi connectivity index (χ1n) is 5.90. The van der Waals surface area contributed by atoms with Gasteiger partial charge < -0.3 is 20.6 Å². The van der Waals surface area contributed by atoms with E-state index < -0.39 is 29.4 Å². The number of nitrogens with zero attached hydrogens (tertiary/aromatic N) is 1. The molecule has 1 aromatic carbocycles. The average molecular weight is 308 g/mol. The van der Waals surface area contributed by atoms with Gasteiger partial charge in [0.1, 0.15) is 5.01 Å². The van der Waals surface area contributed by atoms with Crippen LogP contribution in [0.15, 0.2) is 23.6 Å². The molecule has 0 saturated heterocycles. The minimum Gasteiger partial charge on any atom is -0.504 e. The summed E-state index contributed by atoms with van der Waals surface area (Å²) in [4.78, 5) is 26.7. The van der Waals surface area contributed by atoms with Crippen LogP contribution in [0.1, 0.15) is 38.8 Å². The van der Waals surface area contributed by atoms with Crippen molar-refractivity contribution in [3.05, 3.63) is 39.8 Å². The van der Waals surface area contributed by atoms with Crippen molar-refractivity contribution in [1.29, 1.82) is 0 Å². The highest BCUT2D eigenvalue weighted by molar-refractivity contribution is 7.09. The second-order valence-corrected chi connectivity index (χ2v) is 5.13. The molecule has 0 saturated carbocycles. The number of hydrogen-bond acceptors (Lipinski definition) is 6. The number of carboxylic acid groups (broad SMARTS) is 1. The maximum Gasteiger partial charge on any atom is 0.355 e. The number of benzene rings is 1. The van der Waals surface area contributed by atoms with Gasteiger partial charge in [-0.2, -0.15) is 0 Å². The van der Waals surface area contributed by atoms with Gasteiger partial charge in [0.2, 0.25) is 0 Å². The molecule has 1 atom stereocenters. The third-order valence-electron chi connectivity index (χ3n) is 2.72. The molecule has 0 aliphatic rings. The summed E-state index contributed by atoms with van der Waals surface area (Å²) in [5.41, 5.74) is -0.159. The van der Waals surface area contributed by atoms with Gasteiger partial charge in [-0.05, 0) is 19.1 Å². The standard InChI is InChI=1S/C13H12N2O5S/c1-6(12-15-8(5-21-12)13(19)20)14-11(18)7-3-2-4-9(16)10(7)17/h2-6,16-17H,1H3,(H,14,18)(H,19,20). The number of thiazole rings is 1. The maximum absolute atomic E-state index is 12.0. The Morgan fingerprint density at radius 3 is 2.67 bits per heavy atom. The topological polar surface area (TPSA) is 120 Å². The summed E-state index contributed by atoms with van der Waals surface area (Å²) < 4.78 is 0. The van der Waals surface area contributed by atoms with Crippen molar-refractivity contribution in [2.75, 3.05) is 0 Å². The Balaban J connectivity index is 2.14. The third-order valence-corrected chi connectivity index (χ3v) is 3.75. The van der Waals surface area contributed by atoms with E-state index in [1.807, 2.05) is 0 Å². The van der Waals surface area contributed by atoms with E-state index in [4.69, 9.17) is 5.11 Å². The number of aromatic nitrogens is 1. The number of aromatic carboxylic acids is 1. The van der Waals surface area contributed by atoms with E-state index in [1.165, 1.54) is 23.6 Å². The van der Waals surface area contributed by atoms with Gasteiger partial charge in [-0.3, -0.25) is 4.79 Å². The SMILES string of the molecule is CC(NC(=O)c1cccc(O)c1O)c1nc(C(=O)O)cs1. The quantitative estimate of drug-likeness (QED) is 0.639. The molecule has 7 nitrogen and oxygen atoms in total. The van der Waals surface area contributed by atoms with E-state index in [0.29, 0.717) is 5.01 Å². The Bertz CT molecular complexity index is 698. The predicted molar refractivity (Wildman–Crippen MR) is 74.7 cm³/mol. The number of aromatic hydroxyl groups is 2. The second-order valence-electron chi connectivity index (χ2n) is 4.24. The fourth-order valence-corrected chi connectivity index (χ4v) is 2.44. The van der Waals surface area contributed by atoms with Gasteiger partial charge in [0.25, 0.3) is 5.91 Å². The molecule has 1 amide bonds. The molecule has 0 spiro atoms. The normalized spacial score (nSPS) is 11.9. The molecule has 0 fully saturated rings. The molecule has 1 heterocycles. The van der Waals surface area contributed by atoms with Crippen LogP contribution < -0.4 is 5.32 Å². The van der Waals surface area contributed by atoms with E-state index >= 15 is 0 Å². The van der Waals surface area contributed by atoms with E-state index in [2.05, 4.69) is 10.3 Å². The van der Waals surface area contributed by atoms with Crippen LogP contribution in [0.3, 0.4) is 0 Å². The van der Waals surface area contributed by atoms with Gasteiger partial charge >= 0.3 is 5.97 Å². The Morgan fingerprint density at radius 1 is 1.33 bits per heavy atom. The van der Waals surface area contributed by atoms with Crippen LogP contribution in [0.5, 0.6) is 11.5 Å². The molecule has 2 rings (SSSR count). The van der Waals surface area contributed by atoms with Crippen molar-refractivity contribution in [3.8, 4) is 11.5 Å². The summed E-state index contributed by atoms with van der Waals surface area (Å²) in [5, 5.41) is 32.2. The number of para-hydroxylation sites is 1. The zero-order chi connectivity index (χ0) is 15.6. The first-order chi connectivity index (χ1) is 9.90. The fourth-order valence-electron chi connectivity index (χ4n) is 1.64. The predicted octanol–water partition coefficient (Wildman–Crippen LogP) is 1.74. The van der Waals surface area contributed by atoms with E-state index in [-0.39, 0.29) is 11.3 Å². The summed E-state index contributed by atoms with van der Waals surface area (Å²) >= 11 is 1.11. The van der Waals surface area contributed by atoms with Gasteiger partial charge in [0, 0.05) is 5.38 Å². The molecule has 0 bridgehead atoms. The van der Waals surface area contributed by atoms with Gasteiger partial charge in [-0.25, -0.2) is 9.78 Å². The number of carboxylic acids is 1. The molecule has 110 valence electrons. The molecule has 0 radical (unpaired) electrons. The van der Waals surface area contributed by atoms with E-state index in [0.717, 1.165) is 11.3 Å². The van der Waals surface area contributed by atoms with E-state index in [1.54, 1.807) is 6.92 Å². The molecule has 8 heteroatoms. The van der Waals surface area contributed by atoms with Crippen molar-refractivity contribution >= 4 is 23.2 Å². The Kier molecular flexibility index (Phi) is 4.08. The Labute approximate surface area is 123 Å². The van der Waals surface area contributed by atoms with Crippen molar-refractivity contribution < 1.29 is 24.9 Å². The maximum atomic E-state index is 12.0. The highest BCUT2D eigenvalue weighted by Crippen LogP contribution is 2.28. The lowest BCUT2D eigenvalue weighted by molar-refractivity contribution is 0.0691. The lowest BCUT2D eigenvalue weighted by atomic mass is 10.1. The zero-order valence-corrected chi connectivity index (χ0v) is 11.7. The summed E-state index contributed by atoms with van der Waals surface area (Å²) in [6, 6.07) is 3.52. The number of carbonyl (C=O) groups is 2. The summed E-state index contributed by atoms with van der Waals surface area (Å²) in [6.45, 7) is 1.64. The lowest BCUT2D eigenvalue weighted by Crippen LogP contribution is -2.26. The smallest absolute Gasteiger partial charge is 0.355 e. The van der Waals surface area contributed by atoms with Crippen LogP contribution in [-0.4, -0.2) is 32.2 Å². The number of hydrogen-bond donors (Lipinski definition) is 4. The first-order valence-corrected chi connectivity index (χ1v) is 6.78. The molecule has 0 aliphatic carbocycles. The molecule has 4 N–H and O–H groups in total. The number of phenols is 2. The lowest BCUT2D eigenvalue weighted by Gasteiger charge is -2.12. The summed E-state index contributed by atoms with van der Waals surface area (Å²) in [6.07, 6.45) is 0. The van der Waals surface area contributed by atoms with Crippen LogP contribution in [0, 0.1) is 0 Å². The molecular formula is C13H12N2O5S. The third kappa shape index (κ3) is 3.11. The molecule has 2 aromatic rings. The minimum absolute atomic E-state index is 0.0723. The molecule has 21 heavy (non-hydrogen) atoms. The summed E-state index contributed by atoms with van der Waals surface area (Å²) in [7, 11) is 0. The van der Waals surface area contributed by atoms with Gasteiger partial charge in [-0.15, -0.1) is 11.3 Å². The van der Waals surface area contributed by atoms with Gasteiger partial charge in [0.05, 0.1) is 11.6 Å². The van der Waals surface area contributed by atoms with Gasteiger partial charge in [-0.1, -0.05) is 6.07 Å². The van der Waals surface area contributed by atoms with Crippen LogP contribution in [-0.2, 0) is 0 Å². The highest BCUT2D eigenvalue weighted by Gasteiger charge is 2.19. The zero-order valence-electron chi connectivity index (χ0n) is 10.9. The first kappa shape index (κ1) is 14.8. The van der Waals surface area contributed by atoms with Crippen LogP contribution in [0.2, 0.25) is 0 Å². The largest absolute Gasteiger partial charge is 0.504 e. The number of nitrogens with one attached hydrogen (secondary N) is 1. The van der Waals surface area contributed by atoms with E-state index in [9.17, 15) is 19.8 Å². The number of carbonyl (C=O) groups excluding carboxylic acids is 1. The average Bonchev–Trinajstić information content (AvgIpc) is 2.91. The summed E-state index contributed by atoms with van der Waals surface area (Å²) in [5.74, 6) is -2.63. The number of amides is 1. The van der Waals surface area contributed by atoms with Crippen molar-refractivity contribution in [1.82, 2.24) is 10.3 Å². The van der Waals surface area contributed by atoms with Crippen LogP contribution in [0.4, 0.5) is 0 Å². The number of rotatable bonds is 4. The highest BCUT2D eigenvalue weighted by atomic mass is 32.1. The van der Waals surface area contributed by atoms with Gasteiger partial charge in [0.15, 0.2) is 17.2 Å². The van der Waals surface area contributed by atoms with Crippen molar-refractivity contribution in [2.45, 2.75) is 13.0 Å². The van der Waals surface area contributed by atoms with Crippen molar-refractivity contribution in [2.24, 2.45) is 0 Å². The molecular weight excluding hydrogens is 296 g/mol. The van der Waals surface area contributed by atoms with Crippen molar-refractivity contribution in [3.63, 3.8) is 0 Å². The van der Waals surface area contributed by atoms with Crippen LogP contribution >= 0.6 is 11.3 Å². The fraction of sp³-hybridized carbons (Fsp3) is 0.154. The minimum atomic E-state index is -1.14.